The predicted octanol–water partition coefficient (Wildman–Crippen LogP) is 2.73. The highest BCUT2D eigenvalue weighted by molar-refractivity contribution is 6.35. The summed E-state index contributed by atoms with van der Waals surface area (Å²) in [6.07, 6.45) is 1.15. The first-order valence-electron chi connectivity index (χ1n) is 8.25. The molecule has 2 aliphatic rings. The van der Waals surface area contributed by atoms with Crippen molar-refractivity contribution in [3.8, 4) is 0 Å². The summed E-state index contributed by atoms with van der Waals surface area (Å²) < 4.78 is 5.90. The van der Waals surface area contributed by atoms with Gasteiger partial charge in [-0.3, -0.25) is 9.69 Å². The van der Waals surface area contributed by atoms with E-state index in [4.69, 9.17) is 27.9 Å². The van der Waals surface area contributed by atoms with Crippen molar-refractivity contribution in [2.75, 3.05) is 26.2 Å². The van der Waals surface area contributed by atoms with Gasteiger partial charge in [-0.25, -0.2) is 4.79 Å². The molecule has 1 aromatic carbocycles. The average molecular weight is 387 g/mol. The minimum atomic E-state index is -1.07. The Bertz CT molecular complexity index is 669. The van der Waals surface area contributed by atoms with Gasteiger partial charge in [0, 0.05) is 41.5 Å². The summed E-state index contributed by atoms with van der Waals surface area (Å²) in [7, 11) is 0. The highest BCUT2D eigenvalue weighted by Gasteiger charge is 2.53. The standard InChI is InChI=1S/C17H20Cl2N2O4/c1-2-20-5-3-17(4-6-20)21(14(10-25-17)16(23)24)15(22)11-7-12(18)9-13(19)8-11/h7-9,14H,2-6,10H2,1H3,(H,23,24). The fraction of sp³-hybridized carbons (Fsp3) is 0.529. The maximum atomic E-state index is 13.1. The van der Waals surface area contributed by atoms with Gasteiger partial charge in [-0.2, -0.15) is 0 Å². The second-order valence-electron chi connectivity index (χ2n) is 6.38. The van der Waals surface area contributed by atoms with E-state index in [2.05, 4.69) is 11.8 Å². The molecule has 1 aromatic rings. The lowest BCUT2D eigenvalue weighted by Gasteiger charge is -2.44. The first-order chi connectivity index (χ1) is 11.9. The number of carbonyl (C=O) groups excluding carboxylic acids is 1. The minimum Gasteiger partial charge on any atom is -0.480 e. The van der Waals surface area contributed by atoms with Gasteiger partial charge in [-0.05, 0) is 24.7 Å². The third kappa shape index (κ3) is 3.49. The van der Waals surface area contributed by atoms with E-state index in [0.29, 0.717) is 22.9 Å². The Balaban J connectivity index is 1.95. The summed E-state index contributed by atoms with van der Waals surface area (Å²) in [4.78, 5) is 28.5. The molecule has 1 atom stereocenters. The zero-order valence-corrected chi connectivity index (χ0v) is 15.4. The molecule has 136 valence electrons. The summed E-state index contributed by atoms with van der Waals surface area (Å²) in [6, 6.07) is 3.52. The molecular formula is C17H20Cl2N2O4. The van der Waals surface area contributed by atoms with Gasteiger partial charge in [0.15, 0.2) is 6.04 Å². The van der Waals surface area contributed by atoms with Gasteiger partial charge in [0.2, 0.25) is 0 Å². The Labute approximate surface area is 156 Å². The number of carbonyl (C=O) groups is 2. The molecule has 0 saturated carbocycles. The van der Waals surface area contributed by atoms with Crippen LogP contribution in [0.3, 0.4) is 0 Å². The van der Waals surface area contributed by atoms with Gasteiger partial charge >= 0.3 is 5.97 Å². The van der Waals surface area contributed by atoms with Gasteiger partial charge in [-0.1, -0.05) is 30.1 Å². The Morgan fingerprint density at radius 3 is 2.36 bits per heavy atom. The molecule has 0 bridgehead atoms. The second kappa shape index (κ2) is 7.11. The van der Waals surface area contributed by atoms with Crippen LogP contribution in [0.2, 0.25) is 10.0 Å². The number of benzene rings is 1. The SMILES string of the molecule is CCN1CCC2(CC1)OCC(C(=O)O)N2C(=O)c1cc(Cl)cc(Cl)c1. The number of piperidine rings is 1. The monoisotopic (exact) mass is 386 g/mol. The van der Waals surface area contributed by atoms with E-state index in [9.17, 15) is 14.7 Å². The molecule has 25 heavy (non-hydrogen) atoms. The topological polar surface area (TPSA) is 70.1 Å². The van der Waals surface area contributed by atoms with Crippen molar-refractivity contribution in [1.29, 1.82) is 0 Å². The molecule has 3 rings (SSSR count). The van der Waals surface area contributed by atoms with Crippen molar-refractivity contribution in [3.63, 3.8) is 0 Å². The van der Waals surface area contributed by atoms with E-state index in [0.717, 1.165) is 19.6 Å². The maximum absolute atomic E-state index is 13.1. The number of aliphatic carboxylic acids is 1. The number of hydrogen-bond donors (Lipinski definition) is 1. The molecule has 2 aliphatic heterocycles. The predicted molar refractivity (Wildman–Crippen MR) is 94.1 cm³/mol. The van der Waals surface area contributed by atoms with Crippen LogP contribution in [0.15, 0.2) is 18.2 Å². The average Bonchev–Trinajstić information content (AvgIpc) is 2.93. The molecule has 2 heterocycles. The number of likely N-dealkylation sites (tertiary alicyclic amines) is 1. The van der Waals surface area contributed by atoms with Crippen LogP contribution < -0.4 is 0 Å². The molecule has 1 amide bonds. The van der Waals surface area contributed by atoms with Gasteiger partial charge in [-0.15, -0.1) is 0 Å². The number of amides is 1. The van der Waals surface area contributed by atoms with Crippen LogP contribution in [-0.4, -0.2) is 64.8 Å². The van der Waals surface area contributed by atoms with Crippen molar-refractivity contribution >= 4 is 35.1 Å². The minimum absolute atomic E-state index is 0.0124. The highest BCUT2D eigenvalue weighted by Crippen LogP contribution is 2.38. The van der Waals surface area contributed by atoms with Gasteiger partial charge in [0.1, 0.15) is 5.72 Å². The summed E-state index contributed by atoms with van der Waals surface area (Å²) >= 11 is 12.0. The van der Waals surface area contributed by atoms with Crippen LogP contribution >= 0.6 is 23.2 Å². The van der Waals surface area contributed by atoms with Crippen molar-refractivity contribution in [2.45, 2.75) is 31.5 Å². The number of carboxylic acid groups (broad SMARTS) is 1. The molecule has 0 aliphatic carbocycles. The Kier molecular flexibility index (Phi) is 5.25. The Morgan fingerprint density at radius 1 is 1.24 bits per heavy atom. The molecule has 1 spiro atoms. The smallest absolute Gasteiger partial charge is 0.328 e. The molecule has 1 N–H and O–H groups in total. The summed E-state index contributed by atoms with van der Waals surface area (Å²) in [6.45, 7) is 4.48. The van der Waals surface area contributed by atoms with E-state index in [1.807, 2.05) is 0 Å². The summed E-state index contributed by atoms with van der Waals surface area (Å²) in [5.41, 5.74) is -0.618. The molecule has 0 aromatic heterocycles. The fourth-order valence-electron chi connectivity index (χ4n) is 3.59. The third-order valence-corrected chi connectivity index (χ3v) is 5.39. The highest BCUT2D eigenvalue weighted by atomic mass is 35.5. The third-order valence-electron chi connectivity index (χ3n) is 4.96. The zero-order valence-electron chi connectivity index (χ0n) is 13.9. The van der Waals surface area contributed by atoms with Crippen LogP contribution in [0.25, 0.3) is 0 Å². The van der Waals surface area contributed by atoms with Crippen molar-refractivity contribution in [2.24, 2.45) is 0 Å². The summed E-state index contributed by atoms with van der Waals surface area (Å²) in [5, 5.41) is 10.2. The second-order valence-corrected chi connectivity index (χ2v) is 7.25. The van der Waals surface area contributed by atoms with E-state index >= 15 is 0 Å². The molecule has 6 nitrogen and oxygen atoms in total. The van der Waals surface area contributed by atoms with Crippen molar-refractivity contribution in [1.82, 2.24) is 9.80 Å². The van der Waals surface area contributed by atoms with Crippen LogP contribution in [0.4, 0.5) is 0 Å². The van der Waals surface area contributed by atoms with E-state index in [1.54, 1.807) is 0 Å². The van der Waals surface area contributed by atoms with Gasteiger partial charge < -0.3 is 14.7 Å². The lowest BCUT2D eigenvalue weighted by atomic mass is 9.96. The molecule has 0 radical (unpaired) electrons. The Hall–Kier alpha value is -1.34. The quantitative estimate of drug-likeness (QED) is 0.864. The lowest BCUT2D eigenvalue weighted by molar-refractivity contribution is -0.143. The van der Waals surface area contributed by atoms with Crippen LogP contribution in [0.5, 0.6) is 0 Å². The molecule has 2 saturated heterocycles. The first kappa shape index (κ1) is 18.5. The van der Waals surface area contributed by atoms with Gasteiger partial charge in [0.25, 0.3) is 5.91 Å². The van der Waals surface area contributed by atoms with Crippen LogP contribution in [0, 0.1) is 0 Å². The van der Waals surface area contributed by atoms with Crippen LogP contribution in [0.1, 0.15) is 30.1 Å². The van der Waals surface area contributed by atoms with E-state index < -0.39 is 23.6 Å². The van der Waals surface area contributed by atoms with E-state index in [-0.39, 0.29) is 12.2 Å². The van der Waals surface area contributed by atoms with Crippen LogP contribution in [-0.2, 0) is 9.53 Å². The normalized spacial score (nSPS) is 23.2. The zero-order chi connectivity index (χ0) is 18.2. The maximum Gasteiger partial charge on any atom is 0.328 e. The molecule has 8 heteroatoms. The van der Waals surface area contributed by atoms with Gasteiger partial charge in [0.05, 0.1) is 6.61 Å². The molecule has 1 unspecified atom stereocenters. The Morgan fingerprint density at radius 2 is 1.84 bits per heavy atom. The molecule has 2 fully saturated rings. The number of carboxylic acids is 1. The fourth-order valence-corrected chi connectivity index (χ4v) is 4.12. The summed E-state index contributed by atoms with van der Waals surface area (Å²) in [5.74, 6) is -1.49. The largest absolute Gasteiger partial charge is 0.480 e. The number of ether oxygens (including phenoxy) is 1. The lowest BCUT2D eigenvalue weighted by Crippen LogP contribution is -2.58. The number of nitrogens with zero attached hydrogens (tertiary/aromatic N) is 2. The van der Waals surface area contributed by atoms with Crippen molar-refractivity contribution < 1.29 is 19.4 Å². The van der Waals surface area contributed by atoms with Crippen molar-refractivity contribution in [3.05, 3.63) is 33.8 Å². The molecular weight excluding hydrogens is 367 g/mol. The number of hydrogen-bond acceptors (Lipinski definition) is 4. The number of halogens is 2. The van der Waals surface area contributed by atoms with E-state index in [1.165, 1.54) is 23.1 Å². The number of rotatable bonds is 3. The first-order valence-corrected chi connectivity index (χ1v) is 9.01.